The van der Waals surface area contributed by atoms with Crippen molar-refractivity contribution in [2.24, 2.45) is 0 Å². The molecule has 0 bridgehead atoms. The highest BCUT2D eigenvalue weighted by atomic mass is 16.5. The number of ether oxygens (including phenoxy) is 1. The number of carbonyl (C=O) groups is 2. The molecule has 0 aliphatic heterocycles. The van der Waals surface area contributed by atoms with Gasteiger partial charge in [0.2, 0.25) is 6.29 Å². The van der Waals surface area contributed by atoms with E-state index >= 15 is 0 Å². The summed E-state index contributed by atoms with van der Waals surface area (Å²) in [5.74, 6) is -0.474. The predicted octanol–water partition coefficient (Wildman–Crippen LogP) is 1.35. The minimum atomic E-state index is -0.871. The lowest BCUT2D eigenvalue weighted by Crippen LogP contribution is -2.08. The van der Waals surface area contributed by atoms with Crippen LogP contribution >= 0.6 is 0 Å². The Morgan fingerprint density at radius 2 is 2.00 bits per heavy atom. The number of hydrogen-bond donors (Lipinski definition) is 0. The Labute approximate surface area is 76.3 Å². The molecule has 3 nitrogen and oxygen atoms in total. The third kappa shape index (κ3) is 2.71. The summed E-state index contributed by atoms with van der Waals surface area (Å²) in [5.41, 5.74) is 1.16. The number of rotatable bonds is 3. The lowest BCUT2D eigenvalue weighted by atomic mass is 10.2. The zero-order valence-corrected chi connectivity index (χ0v) is 7.32. The number of benzene rings is 1. The minimum Gasteiger partial charge on any atom is -0.421 e. The molecule has 0 aliphatic carbocycles. The molecule has 0 unspecified atom stereocenters. The molecule has 1 aromatic carbocycles. The van der Waals surface area contributed by atoms with Crippen molar-refractivity contribution < 1.29 is 14.3 Å². The van der Waals surface area contributed by atoms with Crippen LogP contribution in [0.2, 0.25) is 0 Å². The van der Waals surface area contributed by atoms with E-state index in [-0.39, 0.29) is 6.29 Å². The SMILES string of the molecule is CCc1ccc(OC(=O)C=O)cc1. The average Bonchev–Trinajstić information content (AvgIpc) is 2.19. The number of hydrogen-bond acceptors (Lipinski definition) is 3. The van der Waals surface area contributed by atoms with E-state index in [1.807, 2.05) is 19.1 Å². The molecule has 0 saturated carbocycles. The molecule has 0 N–H and O–H groups in total. The van der Waals surface area contributed by atoms with Crippen molar-refractivity contribution >= 4 is 12.3 Å². The van der Waals surface area contributed by atoms with E-state index in [0.717, 1.165) is 12.0 Å². The van der Waals surface area contributed by atoms with Gasteiger partial charge < -0.3 is 4.74 Å². The Kier molecular flexibility index (Phi) is 3.20. The van der Waals surface area contributed by atoms with Crippen LogP contribution in [-0.2, 0) is 16.0 Å². The van der Waals surface area contributed by atoms with Crippen molar-refractivity contribution in [1.29, 1.82) is 0 Å². The van der Waals surface area contributed by atoms with Crippen LogP contribution < -0.4 is 4.74 Å². The molecule has 1 rings (SSSR count). The van der Waals surface area contributed by atoms with E-state index < -0.39 is 5.97 Å². The summed E-state index contributed by atoms with van der Waals surface area (Å²) in [4.78, 5) is 20.5. The van der Waals surface area contributed by atoms with Gasteiger partial charge in [-0.25, -0.2) is 4.79 Å². The van der Waals surface area contributed by atoms with Gasteiger partial charge >= 0.3 is 5.97 Å². The van der Waals surface area contributed by atoms with Gasteiger partial charge in [-0.15, -0.1) is 0 Å². The quantitative estimate of drug-likeness (QED) is 0.304. The van der Waals surface area contributed by atoms with Crippen LogP contribution in [-0.4, -0.2) is 12.3 Å². The molecule has 0 spiro atoms. The third-order valence-corrected chi connectivity index (χ3v) is 1.65. The lowest BCUT2D eigenvalue weighted by Gasteiger charge is -2.00. The van der Waals surface area contributed by atoms with Gasteiger partial charge in [-0.2, -0.15) is 0 Å². The second-order valence-electron chi connectivity index (χ2n) is 2.54. The third-order valence-electron chi connectivity index (χ3n) is 1.65. The summed E-state index contributed by atoms with van der Waals surface area (Å²) in [6, 6.07) is 7.04. The van der Waals surface area contributed by atoms with Gasteiger partial charge in [-0.1, -0.05) is 19.1 Å². The van der Waals surface area contributed by atoms with Crippen molar-refractivity contribution in [3.63, 3.8) is 0 Å². The maximum Gasteiger partial charge on any atom is 0.376 e. The fraction of sp³-hybridized carbons (Fsp3) is 0.200. The molecular formula is C10H10O3. The van der Waals surface area contributed by atoms with Crippen molar-refractivity contribution in [2.75, 3.05) is 0 Å². The van der Waals surface area contributed by atoms with Crippen LogP contribution in [0.15, 0.2) is 24.3 Å². The largest absolute Gasteiger partial charge is 0.421 e. The summed E-state index contributed by atoms with van der Waals surface area (Å²) in [7, 11) is 0. The molecule has 68 valence electrons. The monoisotopic (exact) mass is 178 g/mol. The fourth-order valence-electron chi connectivity index (χ4n) is 0.933. The summed E-state index contributed by atoms with van der Waals surface area (Å²) in [6.07, 6.45) is 1.08. The second kappa shape index (κ2) is 4.40. The van der Waals surface area contributed by atoms with Crippen LogP contribution in [0.25, 0.3) is 0 Å². The minimum absolute atomic E-state index is 0.147. The Balaban J connectivity index is 2.69. The zero-order chi connectivity index (χ0) is 9.68. The normalized spacial score (nSPS) is 9.31. The van der Waals surface area contributed by atoms with Crippen LogP contribution in [0.4, 0.5) is 0 Å². The Morgan fingerprint density at radius 3 is 2.46 bits per heavy atom. The second-order valence-corrected chi connectivity index (χ2v) is 2.54. The molecule has 13 heavy (non-hydrogen) atoms. The molecule has 0 aromatic heterocycles. The Hall–Kier alpha value is -1.64. The van der Waals surface area contributed by atoms with Gasteiger partial charge in [0.05, 0.1) is 0 Å². The van der Waals surface area contributed by atoms with Gasteiger partial charge in [0, 0.05) is 0 Å². The highest BCUT2D eigenvalue weighted by Crippen LogP contribution is 2.12. The molecule has 0 aliphatic rings. The Morgan fingerprint density at radius 1 is 1.38 bits per heavy atom. The van der Waals surface area contributed by atoms with Crippen LogP contribution in [0, 0.1) is 0 Å². The highest BCUT2D eigenvalue weighted by Gasteiger charge is 2.00. The van der Waals surface area contributed by atoms with E-state index in [2.05, 4.69) is 4.74 Å². The average molecular weight is 178 g/mol. The lowest BCUT2D eigenvalue weighted by molar-refractivity contribution is -0.141. The predicted molar refractivity (Wildman–Crippen MR) is 47.5 cm³/mol. The van der Waals surface area contributed by atoms with E-state index in [1.165, 1.54) is 0 Å². The van der Waals surface area contributed by atoms with Gasteiger partial charge in [0.25, 0.3) is 0 Å². The molecule has 0 radical (unpaired) electrons. The number of carbonyl (C=O) groups excluding carboxylic acids is 2. The van der Waals surface area contributed by atoms with Crippen molar-refractivity contribution in [1.82, 2.24) is 0 Å². The molecule has 0 amide bonds. The van der Waals surface area contributed by atoms with Gasteiger partial charge in [-0.05, 0) is 24.1 Å². The van der Waals surface area contributed by atoms with Crippen molar-refractivity contribution in [3.05, 3.63) is 29.8 Å². The Bertz CT molecular complexity index is 300. The molecule has 0 atom stereocenters. The summed E-state index contributed by atoms with van der Waals surface area (Å²) < 4.78 is 4.66. The molecule has 0 fully saturated rings. The number of aldehydes is 1. The molecule has 3 heteroatoms. The van der Waals surface area contributed by atoms with Gasteiger partial charge in [0.1, 0.15) is 5.75 Å². The van der Waals surface area contributed by atoms with Crippen molar-refractivity contribution in [2.45, 2.75) is 13.3 Å². The van der Waals surface area contributed by atoms with Gasteiger partial charge in [0.15, 0.2) is 0 Å². The van der Waals surface area contributed by atoms with E-state index in [9.17, 15) is 9.59 Å². The summed E-state index contributed by atoms with van der Waals surface area (Å²) in [5, 5.41) is 0. The molecule has 0 heterocycles. The molecular weight excluding hydrogens is 168 g/mol. The first-order chi connectivity index (χ1) is 6.26. The fourth-order valence-corrected chi connectivity index (χ4v) is 0.933. The topological polar surface area (TPSA) is 43.4 Å². The first kappa shape index (κ1) is 9.45. The summed E-state index contributed by atoms with van der Waals surface area (Å²) in [6.45, 7) is 2.03. The van der Waals surface area contributed by atoms with Crippen LogP contribution in [0.5, 0.6) is 5.75 Å². The van der Waals surface area contributed by atoms with E-state index in [4.69, 9.17) is 0 Å². The van der Waals surface area contributed by atoms with Crippen molar-refractivity contribution in [3.8, 4) is 5.75 Å². The zero-order valence-electron chi connectivity index (χ0n) is 7.32. The molecule has 0 saturated heterocycles. The number of esters is 1. The van der Waals surface area contributed by atoms with Crippen LogP contribution in [0.1, 0.15) is 12.5 Å². The standard InChI is InChI=1S/C10H10O3/c1-2-8-3-5-9(6-4-8)13-10(12)7-11/h3-7H,2H2,1H3. The van der Waals surface area contributed by atoms with Crippen LogP contribution in [0.3, 0.4) is 0 Å². The molecule has 1 aromatic rings. The van der Waals surface area contributed by atoms with E-state index in [1.54, 1.807) is 12.1 Å². The van der Waals surface area contributed by atoms with E-state index in [0.29, 0.717) is 5.75 Å². The van der Waals surface area contributed by atoms with Gasteiger partial charge in [-0.3, -0.25) is 4.79 Å². The first-order valence-electron chi connectivity index (χ1n) is 4.02. The summed E-state index contributed by atoms with van der Waals surface area (Å²) >= 11 is 0. The number of aryl methyl sites for hydroxylation is 1. The first-order valence-corrected chi connectivity index (χ1v) is 4.02. The highest BCUT2D eigenvalue weighted by molar-refractivity contribution is 6.21. The maximum atomic E-state index is 10.5. The maximum absolute atomic E-state index is 10.5. The smallest absolute Gasteiger partial charge is 0.376 e.